The first-order valence-corrected chi connectivity index (χ1v) is 7.75. The van der Waals surface area contributed by atoms with Crippen LogP contribution in [0.25, 0.3) is 11.0 Å². The molecule has 0 unspecified atom stereocenters. The van der Waals surface area contributed by atoms with Crippen molar-refractivity contribution in [3.8, 4) is 0 Å². The molecule has 104 valence electrons. The van der Waals surface area contributed by atoms with Gasteiger partial charge in [0.25, 0.3) is 5.91 Å². The van der Waals surface area contributed by atoms with Crippen LogP contribution in [0, 0.1) is 0 Å². The molecule has 0 atom stereocenters. The highest BCUT2D eigenvalue weighted by Gasteiger charge is 2.23. The molecule has 4 nitrogen and oxygen atoms in total. The molecule has 1 amide bonds. The summed E-state index contributed by atoms with van der Waals surface area (Å²) in [5, 5.41) is 2.09. The number of rotatable bonds is 1. The van der Waals surface area contributed by atoms with Crippen LogP contribution in [0.2, 0.25) is 0 Å². The number of aromatic nitrogens is 2. The number of para-hydroxylation sites is 2. The van der Waals surface area contributed by atoms with Crippen molar-refractivity contribution in [2.45, 2.75) is 13.0 Å². The predicted molar refractivity (Wildman–Crippen MR) is 82.3 cm³/mol. The van der Waals surface area contributed by atoms with Gasteiger partial charge in [0.15, 0.2) is 0 Å². The first-order chi connectivity index (χ1) is 10.3. The van der Waals surface area contributed by atoms with E-state index in [4.69, 9.17) is 0 Å². The van der Waals surface area contributed by atoms with Crippen LogP contribution >= 0.6 is 11.3 Å². The van der Waals surface area contributed by atoms with E-state index in [9.17, 15) is 4.79 Å². The van der Waals surface area contributed by atoms with Crippen LogP contribution in [-0.2, 0) is 13.0 Å². The molecule has 3 aromatic rings. The molecule has 1 aromatic carbocycles. The van der Waals surface area contributed by atoms with E-state index < -0.39 is 0 Å². The third-order valence-electron chi connectivity index (χ3n) is 3.76. The minimum Gasteiger partial charge on any atom is -0.333 e. The summed E-state index contributed by atoms with van der Waals surface area (Å²) in [6.07, 6.45) is 2.51. The van der Waals surface area contributed by atoms with Crippen molar-refractivity contribution < 1.29 is 4.79 Å². The van der Waals surface area contributed by atoms with Crippen molar-refractivity contribution in [2.75, 3.05) is 6.54 Å². The Bertz CT molecular complexity index is 827. The summed E-state index contributed by atoms with van der Waals surface area (Å²) in [6, 6.07) is 9.71. The lowest BCUT2D eigenvalue weighted by atomic mass is 10.1. The second-order valence-corrected chi connectivity index (χ2v) is 6.09. The molecule has 3 heterocycles. The Hall–Kier alpha value is -2.27. The number of thiophene rings is 1. The Balaban J connectivity index is 1.64. The van der Waals surface area contributed by atoms with Gasteiger partial charge < -0.3 is 4.90 Å². The fourth-order valence-electron chi connectivity index (χ4n) is 2.64. The normalized spacial score (nSPS) is 14.2. The molecule has 4 rings (SSSR count). The van der Waals surface area contributed by atoms with Crippen molar-refractivity contribution in [2.24, 2.45) is 0 Å². The van der Waals surface area contributed by atoms with Gasteiger partial charge in [-0.1, -0.05) is 12.1 Å². The van der Waals surface area contributed by atoms with Crippen molar-refractivity contribution in [3.05, 3.63) is 58.0 Å². The van der Waals surface area contributed by atoms with E-state index in [1.165, 1.54) is 10.4 Å². The second kappa shape index (κ2) is 4.93. The predicted octanol–water partition coefficient (Wildman–Crippen LogP) is 2.89. The van der Waals surface area contributed by atoms with Gasteiger partial charge in [0.05, 0.1) is 17.2 Å². The van der Waals surface area contributed by atoms with Crippen LogP contribution in [0.3, 0.4) is 0 Å². The SMILES string of the molecule is O=C(c1cnc2ccccc2n1)N1CCc2sccc2C1. The minimum absolute atomic E-state index is 0.0369. The van der Waals surface area contributed by atoms with Crippen molar-refractivity contribution in [1.29, 1.82) is 0 Å². The topological polar surface area (TPSA) is 46.1 Å². The van der Waals surface area contributed by atoms with E-state index >= 15 is 0 Å². The maximum Gasteiger partial charge on any atom is 0.274 e. The smallest absolute Gasteiger partial charge is 0.274 e. The summed E-state index contributed by atoms with van der Waals surface area (Å²) in [5.74, 6) is -0.0369. The monoisotopic (exact) mass is 295 g/mol. The van der Waals surface area contributed by atoms with Gasteiger partial charge in [-0.2, -0.15) is 0 Å². The van der Waals surface area contributed by atoms with E-state index in [0.717, 1.165) is 24.0 Å². The molecule has 0 spiro atoms. The summed E-state index contributed by atoms with van der Waals surface area (Å²) in [5.41, 5.74) is 3.25. The highest BCUT2D eigenvalue weighted by atomic mass is 32.1. The first-order valence-electron chi connectivity index (χ1n) is 6.87. The highest BCUT2D eigenvalue weighted by molar-refractivity contribution is 7.10. The Labute approximate surface area is 126 Å². The van der Waals surface area contributed by atoms with Gasteiger partial charge in [-0.15, -0.1) is 11.3 Å². The molecule has 0 N–H and O–H groups in total. The van der Waals surface area contributed by atoms with Crippen molar-refractivity contribution >= 4 is 28.3 Å². The third-order valence-corrected chi connectivity index (χ3v) is 4.79. The van der Waals surface area contributed by atoms with Crippen LogP contribution in [0.1, 0.15) is 20.9 Å². The minimum atomic E-state index is -0.0369. The van der Waals surface area contributed by atoms with Gasteiger partial charge in [0.2, 0.25) is 0 Å². The summed E-state index contributed by atoms with van der Waals surface area (Å²) >= 11 is 1.77. The molecule has 0 radical (unpaired) electrons. The molecule has 1 aliphatic rings. The first kappa shape index (κ1) is 12.5. The van der Waals surface area contributed by atoms with Crippen LogP contribution in [-0.4, -0.2) is 27.3 Å². The lowest BCUT2D eigenvalue weighted by Gasteiger charge is -2.26. The number of amides is 1. The van der Waals surface area contributed by atoms with E-state index in [1.54, 1.807) is 17.5 Å². The van der Waals surface area contributed by atoms with Crippen LogP contribution in [0.4, 0.5) is 0 Å². The lowest BCUT2D eigenvalue weighted by molar-refractivity contribution is 0.0730. The largest absolute Gasteiger partial charge is 0.333 e. The maximum absolute atomic E-state index is 12.6. The highest BCUT2D eigenvalue weighted by Crippen LogP contribution is 2.24. The Morgan fingerprint density at radius 1 is 1.19 bits per heavy atom. The zero-order valence-electron chi connectivity index (χ0n) is 11.3. The van der Waals surface area contributed by atoms with Gasteiger partial charge in [0.1, 0.15) is 5.69 Å². The molecule has 0 bridgehead atoms. The number of carbonyl (C=O) groups is 1. The standard InChI is InChI=1S/C16H13N3OS/c20-16(19-7-5-15-11(10-19)6-8-21-15)14-9-17-12-3-1-2-4-13(12)18-14/h1-4,6,8-9H,5,7,10H2. The molecular formula is C16H13N3OS. The van der Waals surface area contributed by atoms with Crippen LogP contribution in [0.5, 0.6) is 0 Å². The van der Waals surface area contributed by atoms with Gasteiger partial charge in [-0.05, 0) is 35.6 Å². The van der Waals surface area contributed by atoms with Crippen molar-refractivity contribution in [1.82, 2.24) is 14.9 Å². The zero-order chi connectivity index (χ0) is 14.2. The van der Waals surface area contributed by atoms with E-state index in [0.29, 0.717) is 12.2 Å². The Morgan fingerprint density at radius 2 is 2.05 bits per heavy atom. The summed E-state index contributed by atoms with van der Waals surface area (Å²) in [4.78, 5) is 24.6. The van der Waals surface area contributed by atoms with Crippen molar-refractivity contribution in [3.63, 3.8) is 0 Å². The number of carbonyl (C=O) groups excluding carboxylic acids is 1. The molecule has 21 heavy (non-hydrogen) atoms. The molecule has 0 fully saturated rings. The summed E-state index contributed by atoms with van der Waals surface area (Å²) in [6.45, 7) is 1.42. The summed E-state index contributed by atoms with van der Waals surface area (Å²) in [7, 11) is 0. The molecule has 0 saturated carbocycles. The third kappa shape index (κ3) is 2.19. The van der Waals surface area contributed by atoms with Gasteiger partial charge >= 0.3 is 0 Å². The lowest BCUT2D eigenvalue weighted by Crippen LogP contribution is -2.35. The molecule has 0 saturated heterocycles. The molecular weight excluding hydrogens is 282 g/mol. The van der Waals surface area contributed by atoms with Gasteiger partial charge in [-0.25, -0.2) is 4.98 Å². The number of hydrogen-bond acceptors (Lipinski definition) is 4. The molecule has 2 aromatic heterocycles. The quantitative estimate of drug-likeness (QED) is 0.693. The zero-order valence-corrected chi connectivity index (χ0v) is 12.1. The number of benzene rings is 1. The van der Waals surface area contributed by atoms with E-state index in [2.05, 4.69) is 21.4 Å². The van der Waals surface area contributed by atoms with Gasteiger partial charge in [-0.3, -0.25) is 9.78 Å². The number of nitrogens with zero attached hydrogens (tertiary/aromatic N) is 3. The maximum atomic E-state index is 12.6. The van der Waals surface area contributed by atoms with Gasteiger partial charge in [0, 0.05) is 18.0 Å². The van der Waals surface area contributed by atoms with Crippen LogP contribution < -0.4 is 0 Å². The molecule has 0 aliphatic carbocycles. The Morgan fingerprint density at radius 3 is 2.95 bits per heavy atom. The second-order valence-electron chi connectivity index (χ2n) is 5.09. The van der Waals surface area contributed by atoms with Crippen LogP contribution in [0.15, 0.2) is 41.9 Å². The van der Waals surface area contributed by atoms with E-state index in [-0.39, 0.29) is 5.91 Å². The molecule has 1 aliphatic heterocycles. The average molecular weight is 295 g/mol. The molecule has 5 heteroatoms. The number of fused-ring (bicyclic) bond motifs is 2. The Kier molecular flexibility index (Phi) is 2.93. The van der Waals surface area contributed by atoms with E-state index in [1.807, 2.05) is 29.2 Å². The fourth-order valence-corrected chi connectivity index (χ4v) is 3.53. The average Bonchev–Trinajstić information content (AvgIpc) is 3.01. The summed E-state index contributed by atoms with van der Waals surface area (Å²) < 4.78 is 0. The number of hydrogen-bond donors (Lipinski definition) is 0. The fraction of sp³-hybridized carbons (Fsp3) is 0.188.